The standard InChI is InChI=1S/C14H18F2N2O/c1-2-3-6-18(10-4-5-10)14(19)11-7-9(15)8-12(17)13(11)16/h7-8,10H,2-6,17H2,1H3. The molecule has 1 aliphatic rings. The zero-order valence-corrected chi connectivity index (χ0v) is 11.0. The highest BCUT2D eigenvalue weighted by atomic mass is 19.1. The molecule has 0 radical (unpaired) electrons. The van der Waals surface area contributed by atoms with Crippen LogP contribution in [0.5, 0.6) is 0 Å². The van der Waals surface area contributed by atoms with E-state index in [-0.39, 0.29) is 17.3 Å². The first-order valence-corrected chi connectivity index (χ1v) is 6.60. The van der Waals surface area contributed by atoms with Gasteiger partial charge >= 0.3 is 0 Å². The first-order chi connectivity index (χ1) is 9.04. The van der Waals surface area contributed by atoms with E-state index >= 15 is 0 Å². The molecule has 104 valence electrons. The summed E-state index contributed by atoms with van der Waals surface area (Å²) in [5.74, 6) is -1.97. The largest absolute Gasteiger partial charge is 0.396 e. The van der Waals surface area contributed by atoms with Crippen molar-refractivity contribution in [2.24, 2.45) is 0 Å². The van der Waals surface area contributed by atoms with Gasteiger partial charge in [0.2, 0.25) is 0 Å². The number of nitrogens with two attached hydrogens (primary N) is 1. The number of hydrogen-bond donors (Lipinski definition) is 1. The minimum Gasteiger partial charge on any atom is -0.396 e. The number of amides is 1. The summed E-state index contributed by atoms with van der Waals surface area (Å²) in [5.41, 5.74) is 4.78. The van der Waals surface area contributed by atoms with E-state index in [1.54, 1.807) is 4.90 Å². The Kier molecular flexibility index (Phi) is 4.02. The number of anilines is 1. The summed E-state index contributed by atoms with van der Waals surface area (Å²) in [6.07, 6.45) is 3.67. The molecular formula is C14H18F2N2O. The molecule has 1 saturated carbocycles. The maximum Gasteiger partial charge on any atom is 0.257 e. The van der Waals surface area contributed by atoms with Gasteiger partial charge in [-0.05, 0) is 31.4 Å². The van der Waals surface area contributed by atoms with Crippen LogP contribution in [0.25, 0.3) is 0 Å². The first kappa shape index (κ1) is 13.8. The molecule has 0 aliphatic heterocycles. The van der Waals surface area contributed by atoms with Crippen LogP contribution < -0.4 is 5.73 Å². The number of hydrogen-bond acceptors (Lipinski definition) is 2. The summed E-state index contributed by atoms with van der Waals surface area (Å²) in [6.45, 7) is 2.60. The number of unbranched alkanes of at least 4 members (excludes halogenated alkanes) is 1. The van der Waals surface area contributed by atoms with Gasteiger partial charge in [-0.2, -0.15) is 0 Å². The van der Waals surface area contributed by atoms with Gasteiger partial charge in [0.25, 0.3) is 5.91 Å². The topological polar surface area (TPSA) is 46.3 Å². The van der Waals surface area contributed by atoms with Crippen molar-refractivity contribution in [3.8, 4) is 0 Å². The second kappa shape index (κ2) is 5.55. The van der Waals surface area contributed by atoms with Crippen LogP contribution in [0, 0.1) is 11.6 Å². The van der Waals surface area contributed by atoms with Crippen molar-refractivity contribution in [3.63, 3.8) is 0 Å². The Labute approximate surface area is 111 Å². The fraction of sp³-hybridized carbons (Fsp3) is 0.500. The van der Waals surface area contributed by atoms with Crippen molar-refractivity contribution < 1.29 is 13.6 Å². The zero-order valence-electron chi connectivity index (χ0n) is 11.0. The molecule has 1 amide bonds. The summed E-state index contributed by atoms with van der Waals surface area (Å²) in [4.78, 5) is 14.0. The van der Waals surface area contributed by atoms with Crippen LogP contribution in [-0.4, -0.2) is 23.4 Å². The third-order valence-electron chi connectivity index (χ3n) is 3.30. The highest BCUT2D eigenvalue weighted by molar-refractivity contribution is 5.95. The van der Waals surface area contributed by atoms with Gasteiger partial charge in [0.05, 0.1) is 11.3 Å². The highest BCUT2D eigenvalue weighted by Gasteiger charge is 2.34. The molecule has 0 aromatic heterocycles. The second-order valence-corrected chi connectivity index (χ2v) is 4.94. The maximum atomic E-state index is 13.9. The Balaban J connectivity index is 2.26. The third-order valence-corrected chi connectivity index (χ3v) is 3.30. The smallest absolute Gasteiger partial charge is 0.257 e. The van der Waals surface area contributed by atoms with Crippen molar-refractivity contribution in [1.82, 2.24) is 4.90 Å². The van der Waals surface area contributed by atoms with E-state index in [0.29, 0.717) is 6.54 Å². The van der Waals surface area contributed by atoms with Crippen molar-refractivity contribution in [2.75, 3.05) is 12.3 Å². The lowest BCUT2D eigenvalue weighted by molar-refractivity contribution is 0.0735. The molecule has 3 nitrogen and oxygen atoms in total. The van der Waals surface area contributed by atoms with Crippen LogP contribution in [0.4, 0.5) is 14.5 Å². The van der Waals surface area contributed by atoms with Gasteiger partial charge in [-0.1, -0.05) is 13.3 Å². The van der Waals surface area contributed by atoms with Crippen LogP contribution in [-0.2, 0) is 0 Å². The number of carbonyl (C=O) groups excluding carboxylic acids is 1. The summed E-state index contributed by atoms with van der Waals surface area (Å²) < 4.78 is 27.1. The van der Waals surface area contributed by atoms with Gasteiger partial charge in [0, 0.05) is 12.6 Å². The van der Waals surface area contributed by atoms with Gasteiger partial charge in [-0.15, -0.1) is 0 Å². The number of carbonyl (C=O) groups is 1. The molecule has 1 aliphatic carbocycles. The van der Waals surface area contributed by atoms with E-state index in [1.807, 2.05) is 6.92 Å². The molecule has 1 aromatic carbocycles. The van der Waals surface area contributed by atoms with Gasteiger partial charge in [0.1, 0.15) is 5.82 Å². The van der Waals surface area contributed by atoms with Gasteiger partial charge < -0.3 is 10.6 Å². The molecule has 0 bridgehead atoms. The summed E-state index contributed by atoms with van der Waals surface area (Å²) in [6, 6.07) is 1.98. The zero-order chi connectivity index (χ0) is 14.0. The lowest BCUT2D eigenvalue weighted by Crippen LogP contribution is -2.34. The molecule has 0 saturated heterocycles. The molecule has 5 heteroatoms. The lowest BCUT2D eigenvalue weighted by atomic mass is 10.1. The number of benzene rings is 1. The SMILES string of the molecule is CCCCN(C(=O)c1cc(F)cc(N)c1F)C1CC1. The third kappa shape index (κ3) is 3.03. The molecule has 2 N–H and O–H groups in total. The van der Waals surface area contributed by atoms with Gasteiger partial charge in [-0.3, -0.25) is 4.79 Å². The molecule has 1 fully saturated rings. The van der Waals surface area contributed by atoms with E-state index in [1.165, 1.54) is 0 Å². The normalized spacial score (nSPS) is 14.5. The van der Waals surface area contributed by atoms with Crippen LogP contribution in [0.3, 0.4) is 0 Å². The fourth-order valence-corrected chi connectivity index (χ4v) is 2.09. The summed E-state index contributed by atoms with van der Waals surface area (Å²) in [5, 5.41) is 0. The van der Waals surface area contributed by atoms with E-state index in [4.69, 9.17) is 5.73 Å². The van der Waals surface area contributed by atoms with Crippen molar-refractivity contribution in [3.05, 3.63) is 29.3 Å². The van der Waals surface area contributed by atoms with E-state index < -0.39 is 17.5 Å². The molecule has 0 atom stereocenters. The second-order valence-electron chi connectivity index (χ2n) is 4.94. The van der Waals surface area contributed by atoms with Gasteiger partial charge in [0.15, 0.2) is 5.82 Å². The number of rotatable bonds is 5. The fourth-order valence-electron chi connectivity index (χ4n) is 2.09. The molecule has 2 rings (SSSR count). The summed E-state index contributed by atoms with van der Waals surface area (Å²) >= 11 is 0. The van der Waals surface area contributed by atoms with Crippen LogP contribution in [0.15, 0.2) is 12.1 Å². The average Bonchev–Trinajstić information content (AvgIpc) is 3.18. The average molecular weight is 268 g/mol. The molecule has 19 heavy (non-hydrogen) atoms. The van der Waals surface area contributed by atoms with E-state index in [0.717, 1.165) is 37.8 Å². The first-order valence-electron chi connectivity index (χ1n) is 6.60. The number of nitrogen functional groups attached to an aromatic ring is 1. The highest BCUT2D eigenvalue weighted by Crippen LogP contribution is 2.30. The van der Waals surface area contributed by atoms with Crippen molar-refractivity contribution in [2.45, 2.75) is 38.6 Å². The predicted octanol–water partition coefficient (Wildman–Crippen LogP) is 2.95. The quantitative estimate of drug-likeness (QED) is 0.834. The Bertz CT molecular complexity index is 487. The van der Waals surface area contributed by atoms with E-state index in [9.17, 15) is 13.6 Å². The molecule has 0 unspecified atom stereocenters. The Morgan fingerprint density at radius 3 is 2.68 bits per heavy atom. The van der Waals surface area contributed by atoms with Crippen LogP contribution in [0.1, 0.15) is 43.0 Å². The maximum absolute atomic E-state index is 13.9. The Morgan fingerprint density at radius 2 is 2.11 bits per heavy atom. The summed E-state index contributed by atoms with van der Waals surface area (Å²) in [7, 11) is 0. The molecule has 0 spiro atoms. The molecule has 1 aromatic rings. The Morgan fingerprint density at radius 1 is 1.42 bits per heavy atom. The van der Waals surface area contributed by atoms with Crippen molar-refractivity contribution in [1.29, 1.82) is 0 Å². The number of nitrogens with zero attached hydrogens (tertiary/aromatic N) is 1. The predicted molar refractivity (Wildman–Crippen MR) is 69.7 cm³/mol. The lowest BCUT2D eigenvalue weighted by Gasteiger charge is -2.22. The van der Waals surface area contributed by atoms with E-state index in [2.05, 4.69) is 0 Å². The molecular weight excluding hydrogens is 250 g/mol. The van der Waals surface area contributed by atoms with Crippen LogP contribution in [0.2, 0.25) is 0 Å². The minimum absolute atomic E-state index is 0.169. The van der Waals surface area contributed by atoms with Crippen LogP contribution >= 0.6 is 0 Å². The van der Waals surface area contributed by atoms with Gasteiger partial charge in [-0.25, -0.2) is 8.78 Å². The van der Waals surface area contributed by atoms with Crippen molar-refractivity contribution >= 4 is 11.6 Å². The molecule has 0 heterocycles. The minimum atomic E-state index is -0.825. The monoisotopic (exact) mass is 268 g/mol. The number of halogens is 2. The Hall–Kier alpha value is -1.65.